The zero-order valence-electron chi connectivity index (χ0n) is 13.2. The Hall–Kier alpha value is -2.10. The Balaban J connectivity index is 2.22. The van der Waals surface area contributed by atoms with Gasteiger partial charge in [0.1, 0.15) is 6.04 Å². The summed E-state index contributed by atoms with van der Waals surface area (Å²) in [5.74, 6) is -0.299. The van der Waals surface area contributed by atoms with Crippen LogP contribution in [0.15, 0.2) is 47.1 Å². The molecule has 0 bridgehead atoms. The molecule has 1 N–H and O–H groups in total. The third-order valence-corrected chi connectivity index (χ3v) is 3.64. The predicted molar refractivity (Wildman–Crippen MR) is 83.5 cm³/mol. The standard InChI is InChI=1S/C17H22N2O2/c1-17(2,3)14(16(21)19(4)5)18-15(20)13-10-9-11-7-6-8-12(11)13/h6-10,14H,1-5H3,(H,18,20)/t14-/m1/s1. The van der Waals surface area contributed by atoms with E-state index in [-0.39, 0.29) is 17.2 Å². The Kier molecular flexibility index (Phi) is 3.90. The zero-order valence-corrected chi connectivity index (χ0v) is 13.2. The Bertz CT molecular complexity index is 599. The summed E-state index contributed by atoms with van der Waals surface area (Å²) in [6.45, 7) is 5.84. The van der Waals surface area contributed by atoms with Crippen molar-refractivity contribution >= 4 is 11.8 Å². The van der Waals surface area contributed by atoms with Crippen molar-refractivity contribution in [2.24, 2.45) is 5.41 Å². The highest BCUT2D eigenvalue weighted by atomic mass is 16.2. The fourth-order valence-electron chi connectivity index (χ4n) is 2.40. The molecule has 2 amide bonds. The Morgan fingerprint density at radius 1 is 1.14 bits per heavy atom. The second kappa shape index (κ2) is 5.35. The van der Waals surface area contributed by atoms with Crippen LogP contribution in [0, 0.1) is 5.41 Å². The van der Waals surface area contributed by atoms with Gasteiger partial charge in [0.05, 0.1) is 0 Å². The first-order valence-electron chi connectivity index (χ1n) is 7.05. The topological polar surface area (TPSA) is 49.4 Å². The number of allylic oxidation sites excluding steroid dienone is 6. The molecule has 0 aromatic heterocycles. The maximum Gasteiger partial charge on any atom is 0.252 e. The number of carbonyl (C=O) groups excluding carboxylic acids is 2. The number of carbonyl (C=O) groups is 2. The maximum absolute atomic E-state index is 12.5. The third kappa shape index (κ3) is 2.99. The molecule has 2 aliphatic rings. The molecular weight excluding hydrogens is 264 g/mol. The van der Waals surface area contributed by atoms with Crippen molar-refractivity contribution < 1.29 is 9.59 Å². The summed E-state index contributed by atoms with van der Waals surface area (Å²) in [5.41, 5.74) is 2.24. The predicted octanol–water partition coefficient (Wildman–Crippen LogP) is 1.97. The van der Waals surface area contributed by atoms with Crippen molar-refractivity contribution in [3.63, 3.8) is 0 Å². The number of rotatable bonds is 3. The molecule has 4 nitrogen and oxygen atoms in total. The molecule has 2 rings (SSSR count). The smallest absolute Gasteiger partial charge is 0.252 e. The minimum Gasteiger partial charge on any atom is -0.347 e. The van der Waals surface area contributed by atoms with Gasteiger partial charge in [0.2, 0.25) is 5.91 Å². The van der Waals surface area contributed by atoms with E-state index in [0.29, 0.717) is 5.57 Å². The van der Waals surface area contributed by atoms with Crippen molar-refractivity contribution in [1.29, 1.82) is 0 Å². The van der Waals surface area contributed by atoms with Crippen LogP contribution >= 0.6 is 0 Å². The summed E-state index contributed by atoms with van der Waals surface area (Å²) in [4.78, 5) is 26.4. The molecular formula is C17H22N2O2. The van der Waals surface area contributed by atoms with E-state index in [4.69, 9.17) is 0 Å². The molecule has 0 radical (unpaired) electrons. The van der Waals surface area contributed by atoms with Gasteiger partial charge >= 0.3 is 0 Å². The van der Waals surface area contributed by atoms with Gasteiger partial charge in [-0.05, 0) is 22.6 Å². The molecule has 0 heterocycles. The molecule has 1 atom stereocenters. The Labute approximate surface area is 125 Å². The molecule has 4 heteroatoms. The van der Waals surface area contributed by atoms with Crippen LogP contribution in [0.3, 0.4) is 0 Å². The first-order chi connectivity index (χ1) is 9.71. The van der Waals surface area contributed by atoms with Crippen LogP contribution in [0.4, 0.5) is 0 Å². The summed E-state index contributed by atoms with van der Waals surface area (Å²) < 4.78 is 0. The normalized spacial score (nSPS) is 17.7. The summed E-state index contributed by atoms with van der Waals surface area (Å²) >= 11 is 0. The zero-order chi connectivity index (χ0) is 15.8. The van der Waals surface area contributed by atoms with E-state index in [1.807, 2.05) is 45.1 Å². The quantitative estimate of drug-likeness (QED) is 0.862. The minimum atomic E-state index is -0.556. The molecule has 0 aliphatic heterocycles. The van der Waals surface area contributed by atoms with Crippen molar-refractivity contribution in [3.8, 4) is 0 Å². The highest BCUT2D eigenvalue weighted by Gasteiger charge is 2.35. The molecule has 0 fully saturated rings. The van der Waals surface area contributed by atoms with Gasteiger partial charge in [-0.2, -0.15) is 0 Å². The number of nitrogens with zero attached hydrogens (tertiary/aromatic N) is 1. The molecule has 21 heavy (non-hydrogen) atoms. The molecule has 0 saturated carbocycles. The van der Waals surface area contributed by atoms with E-state index < -0.39 is 6.04 Å². The van der Waals surface area contributed by atoms with E-state index in [0.717, 1.165) is 11.1 Å². The molecule has 112 valence electrons. The van der Waals surface area contributed by atoms with Gasteiger partial charge in [-0.1, -0.05) is 45.1 Å². The number of likely N-dealkylation sites (N-methyl/N-ethyl adjacent to an activating group) is 1. The van der Waals surface area contributed by atoms with Crippen molar-refractivity contribution in [2.45, 2.75) is 26.8 Å². The number of hydrogen-bond donors (Lipinski definition) is 1. The van der Waals surface area contributed by atoms with E-state index in [1.165, 1.54) is 4.90 Å². The fraction of sp³-hybridized carbons (Fsp3) is 0.412. The lowest BCUT2D eigenvalue weighted by Crippen LogP contribution is -2.53. The van der Waals surface area contributed by atoms with Gasteiger partial charge in [0, 0.05) is 19.7 Å². The molecule has 0 aromatic rings. The second-order valence-corrected chi connectivity index (χ2v) is 6.65. The number of nitrogens with one attached hydrogen (secondary N) is 1. The third-order valence-electron chi connectivity index (χ3n) is 3.64. The average Bonchev–Trinajstić information content (AvgIpc) is 2.95. The van der Waals surface area contributed by atoms with Crippen molar-refractivity contribution in [1.82, 2.24) is 10.2 Å². The Morgan fingerprint density at radius 2 is 1.81 bits per heavy atom. The van der Waals surface area contributed by atoms with Crippen LogP contribution in [-0.4, -0.2) is 36.9 Å². The summed E-state index contributed by atoms with van der Waals surface area (Å²) in [5, 5.41) is 2.89. The first kappa shape index (κ1) is 15.3. The number of hydrogen-bond acceptors (Lipinski definition) is 2. The number of fused-ring (bicyclic) bond motifs is 1. The number of amides is 2. The SMILES string of the molecule is CN(C)C(=O)[C@@H](NC(=O)C1=C2C=CC=C2C=C1)C(C)(C)C. The van der Waals surface area contributed by atoms with Crippen LogP contribution in [0.5, 0.6) is 0 Å². The fourth-order valence-corrected chi connectivity index (χ4v) is 2.40. The monoisotopic (exact) mass is 286 g/mol. The van der Waals surface area contributed by atoms with E-state index in [1.54, 1.807) is 20.2 Å². The van der Waals surface area contributed by atoms with Gasteiger partial charge in [0.15, 0.2) is 0 Å². The van der Waals surface area contributed by atoms with Crippen LogP contribution in [0.25, 0.3) is 0 Å². The van der Waals surface area contributed by atoms with Crippen LogP contribution in [0.2, 0.25) is 0 Å². The van der Waals surface area contributed by atoms with Gasteiger partial charge in [-0.3, -0.25) is 9.59 Å². The van der Waals surface area contributed by atoms with E-state index in [9.17, 15) is 9.59 Å². The second-order valence-electron chi connectivity index (χ2n) is 6.65. The summed E-state index contributed by atoms with van der Waals surface area (Å²) in [6, 6.07) is -0.556. The van der Waals surface area contributed by atoms with Crippen molar-refractivity contribution in [3.05, 3.63) is 47.1 Å². The molecule has 0 spiro atoms. The first-order valence-corrected chi connectivity index (χ1v) is 7.05. The van der Waals surface area contributed by atoms with Gasteiger partial charge in [0.25, 0.3) is 5.91 Å². The van der Waals surface area contributed by atoms with Crippen LogP contribution < -0.4 is 5.32 Å². The summed E-state index contributed by atoms with van der Waals surface area (Å²) in [6.07, 6.45) is 9.54. The molecule has 0 unspecified atom stereocenters. The van der Waals surface area contributed by atoms with Gasteiger partial charge in [-0.25, -0.2) is 0 Å². The van der Waals surface area contributed by atoms with Gasteiger partial charge < -0.3 is 10.2 Å². The molecule has 0 saturated heterocycles. The molecule has 2 aliphatic carbocycles. The lowest BCUT2D eigenvalue weighted by Gasteiger charge is -2.32. The van der Waals surface area contributed by atoms with Crippen LogP contribution in [-0.2, 0) is 9.59 Å². The average molecular weight is 286 g/mol. The van der Waals surface area contributed by atoms with Crippen LogP contribution in [0.1, 0.15) is 20.8 Å². The molecule has 0 aromatic carbocycles. The Morgan fingerprint density at radius 3 is 2.38 bits per heavy atom. The van der Waals surface area contributed by atoms with E-state index >= 15 is 0 Å². The maximum atomic E-state index is 12.5. The van der Waals surface area contributed by atoms with Crippen molar-refractivity contribution in [2.75, 3.05) is 14.1 Å². The highest BCUT2D eigenvalue weighted by molar-refractivity contribution is 6.02. The largest absolute Gasteiger partial charge is 0.347 e. The van der Waals surface area contributed by atoms with E-state index in [2.05, 4.69) is 5.32 Å². The lowest BCUT2D eigenvalue weighted by atomic mass is 9.85. The summed E-state index contributed by atoms with van der Waals surface area (Å²) in [7, 11) is 3.40. The lowest BCUT2D eigenvalue weighted by molar-refractivity contribution is -0.136. The van der Waals surface area contributed by atoms with Gasteiger partial charge in [-0.15, -0.1) is 0 Å². The highest BCUT2D eigenvalue weighted by Crippen LogP contribution is 2.30. The minimum absolute atomic E-state index is 0.0962.